The standard InChI is InChI=1S/C10H15NO3/c1-3-8(12)4-5-11-9(13)6-7(2)10(11)14/h6,8,12H,3-5H2,1-2H3. The van der Waals surface area contributed by atoms with Gasteiger partial charge in [0, 0.05) is 18.2 Å². The van der Waals surface area contributed by atoms with E-state index in [2.05, 4.69) is 0 Å². The topological polar surface area (TPSA) is 57.6 Å². The Morgan fingerprint density at radius 2 is 2.14 bits per heavy atom. The van der Waals surface area contributed by atoms with Crippen LogP contribution in [0.25, 0.3) is 0 Å². The van der Waals surface area contributed by atoms with Crippen molar-refractivity contribution in [1.29, 1.82) is 0 Å². The second kappa shape index (κ2) is 4.37. The minimum Gasteiger partial charge on any atom is -0.393 e. The van der Waals surface area contributed by atoms with Crippen LogP contribution in [0.4, 0.5) is 0 Å². The molecule has 14 heavy (non-hydrogen) atoms. The second-order valence-electron chi connectivity index (χ2n) is 3.47. The first-order chi connectivity index (χ1) is 6.56. The van der Waals surface area contributed by atoms with Crippen LogP contribution < -0.4 is 0 Å². The van der Waals surface area contributed by atoms with Crippen molar-refractivity contribution >= 4 is 11.8 Å². The maximum Gasteiger partial charge on any atom is 0.256 e. The normalized spacial score (nSPS) is 18.8. The van der Waals surface area contributed by atoms with E-state index in [-0.39, 0.29) is 11.8 Å². The van der Waals surface area contributed by atoms with Gasteiger partial charge in [-0.15, -0.1) is 0 Å². The Labute approximate surface area is 83.2 Å². The van der Waals surface area contributed by atoms with Gasteiger partial charge in [0.1, 0.15) is 0 Å². The maximum atomic E-state index is 11.4. The highest BCUT2D eigenvalue weighted by molar-refractivity contribution is 6.15. The van der Waals surface area contributed by atoms with Gasteiger partial charge in [-0.1, -0.05) is 6.92 Å². The molecule has 1 heterocycles. The number of aliphatic hydroxyl groups excluding tert-OH is 1. The lowest BCUT2D eigenvalue weighted by Gasteiger charge is -2.16. The molecule has 0 aromatic heterocycles. The van der Waals surface area contributed by atoms with Gasteiger partial charge in [-0.05, 0) is 19.8 Å². The van der Waals surface area contributed by atoms with Gasteiger partial charge in [-0.3, -0.25) is 14.5 Å². The van der Waals surface area contributed by atoms with Gasteiger partial charge in [-0.25, -0.2) is 0 Å². The summed E-state index contributed by atoms with van der Waals surface area (Å²) < 4.78 is 0. The van der Waals surface area contributed by atoms with E-state index in [1.165, 1.54) is 11.0 Å². The first kappa shape index (κ1) is 10.9. The van der Waals surface area contributed by atoms with Crippen molar-refractivity contribution in [1.82, 2.24) is 4.90 Å². The van der Waals surface area contributed by atoms with Crippen molar-refractivity contribution in [2.24, 2.45) is 0 Å². The summed E-state index contributed by atoms with van der Waals surface area (Å²) in [5, 5.41) is 9.29. The van der Waals surface area contributed by atoms with E-state index in [1.807, 2.05) is 6.92 Å². The van der Waals surface area contributed by atoms with Crippen LogP contribution in [0.15, 0.2) is 11.6 Å². The monoisotopic (exact) mass is 197 g/mol. The molecule has 1 N–H and O–H groups in total. The molecule has 1 atom stereocenters. The highest BCUT2D eigenvalue weighted by Crippen LogP contribution is 2.13. The molecule has 1 aliphatic heterocycles. The third-order valence-electron chi connectivity index (χ3n) is 2.35. The molecule has 1 rings (SSSR count). The van der Waals surface area contributed by atoms with Crippen LogP contribution in [0.5, 0.6) is 0 Å². The van der Waals surface area contributed by atoms with Crippen LogP contribution in [-0.4, -0.2) is 34.5 Å². The average molecular weight is 197 g/mol. The van der Waals surface area contributed by atoms with Crippen molar-refractivity contribution in [2.75, 3.05) is 6.54 Å². The molecular formula is C10H15NO3. The summed E-state index contributed by atoms with van der Waals surface area (Å²) in [6, 6.07) is 0. The van der Waals surface area contributed by atoms with Crippen molar-refractivity contribution in [3.05, 3.63) is 11.6 Å². The molecule has 0 fully saturated rings. The highest BCUT2D eigenvalue weighted by atomic mass is 16.3. The number of hydrogen-bond acceptors (Lipinski definition) is 3. The minimum atomic E-state index is -0.434. The largest absolute Gasteiger partial charge is 0.393 e. The van der Waals surface area contributed by atoms with Gasteiger partial charge >= 0.3 is 0 Å². The van der Waals surface area contributed by atoms with Crippen LogP contribution in [0.3, 0.4) is 0 Å². The zero-order valence-corrected chi connectivity index (χ0v) is 8.49. The van der Waals surface area contributed by atoms with E-state index >= 15 is 0 Å². The quantitative estimate of drug-likeness (QED) is 0.666. The number of imide groups is 1. The number of amides is 2. The lowest BCUT2D eigenvalue weighted by atomic mass is 10.2. The Hall–Kier alpha value is -1.16. The van der Waals surface area contributed by atoms with E-state index in [0.717, 1.165) is 0 Å². The summed E-state index contributed by atoms with van der Waals surface area (Å²) in [4.78, 5) is 23.8. The molecule has 0 spiro atoms. The first-order valence-corrected chi connectivity index (χ1v) is 4.78. The predicted molar refractivity (Wildman–Crippen MR) is 51.4 cm³/mol. The summed E-state index contributed by atoms with van der Waals surface area (Å²) in [7, 11) is 0. The van der Waals surface area contributed by atoms with Gasteiger partial charge in [0.2, 0.25) is 0 Å². The SMILES string of the molecule is CCC(O)CCN1C(=O)C=C(C)C1=O. The Balaban J connectivity index is 2.48. The molecule has 0 saturated heterocycles. The van der Waals surface area contributed by atoms with E-state index in [4.69, 9.17) is 0 Å². The Bertz CT molecular complexity index is 283. The van der Waals surface area contributed by atoms with Gasteiger partial charge in [0.25, 0.3) is 11.8 Å². The molecule has 0 aromatic rings. The van der Waals surface area contributed by atoms with E-state index < -0.39 is 6.10 Å². The molecule has 0 aromatic carbocycles. The highest BCUT2D eigenvalue weighted by Gasteiger charge is 2.27. The molecule has 4 nitrogen and oxygen atoms in total. The van der Waals surface area contributed by atoms with Gasteiger partial charge < -0.3 is 5.11 Å². The van der Waals surface area contributed by atoms with Gasteiger partial charge in [0.05, 0.1) is 6.10 Å². The lowest BCUT2D eigenvalue weighted by molar-refractivity contribution is -0.137. The number of rotatable bonds is 4. The number of carbonyl (C=O) groups is 2. The Kier molecular flexibility index (Phi) is 3.41. The summed E-state index contributed by atoms with van der Waals surface area (Å²) in [5.74, 6) is -0.505. The molecule has 4 heteroatoms. The molecule has 1 aliphatic rings. The van der Waals surface area contributed by atoms with Crippen molar-refractivity contribution < 1.29 is 14.7 Å². The fourth-order valence-corrected chi connectivity index (χ4v) is 1.33. The molecular weight excluding hydrogens is 182 g/mol. The molecule has 0 saturated carbocycles. The van der Waals surface area contributed by atoms with Crippen LogP contribution >= 0.6 is 0 Å². The molecule has 2 amide bonds. The molecule has 0 aliphatic carbocycles. The van der Waals surface area contributed by atoms with E-state index in [1.54, 1.807) is 6.92 Å². The van der Waals surface area contributed by atoms with Crippen molar-refractivity contribution in [2.45, 2.75) is 32.8 Å². The minimum absolute atomic E-state index is 0.238. The Morgan fingerprint density at radius 1 is 1.50 bits per heavy atom. The summed E-state index contributed by atoms with van der Waals surface area (Å²) in [6.07, 6.45) is 2.00. The molecule has 0 bridgehead atoms. The molecule has 78 valence electrons. The van der Waals surface area contributed by atoms with Crippen molar-refractivity contribution in [3.63, 3.8) is 0 Å². The average Bonchev–Trinajstić information content (AvgIpc) is 2.39. The van der Waals surface area contributed by atoms with Gasteiger partial charge in [0.15, 0.2) is 0 Å². The van der Waals surface area contributed by atoms with Crippen LogP contribution in [0, 0.1) is 0 Å². The lowest BCUT2D eigenvalue weighted by Crippen LogP contribution is -2.33. The number of nitrogens with zero attached hydrogens (tertiary/aromatic N) is 1. The number of carbonyl (C=O) groups excluding carboxylic acids is 2. The zero-order valence-electron chi connectivity index (χ0n) is 8.49. The Morgan fingerprint density at radius 3 is 2.57 bits per heavy atom. The van der Waals surface area contributed by atoms with E-state index in [9.17, 15) is 14.7 Å². The summed E-state index contributed by atoms with van der Waals surface area (Å²) >= 11 is 0. The van der Waals surface area contributed by atoms with Crippen LogP contribution in [0.1, 0.15) is 26.7 Å². The first-order valence-electron chi connectivity index (χ1n) is 4.78. The smallest absolute Gasteiger partial charge is 0.256 e. The number of aliphatic hydroxyl groups is 1. The fraction of sp³-hybridized carbons (Fsp3) is 0.600. The summed E-state index contributed by atoms with van der Waals surface area (Å²) in [5.41, 5.74) is 0.473. The number of hydrogen-bond donors (Lipinski definition) is 1. The molecule has 0 radical (unpaired) electrons. The zero-order chi connectivity index (χ0) is 10.7. The van der Waals surface area contributed by atoms with Gasteiger partial charge in [-0.2, -0.15) is 0 Å². The van der Waals surface area contributed by atoms with Crippen LogP contribution in [-0.2, 0) is 9.59 Å². The van der Waals surface area contributed by atoms with E-state index in [0.29, 0.717) is 25.0 Å². The molecule has 1 unspecified atom stereocenters. The fourth-order valence-electron chi connectivity index (χ4n) is 1.33. The second-order valence-corrected chi connectivity index (χ2v) is 3.47. The maximum absolute atomic E-state index is 11.4. The van der Waals surface area contributed by atoms with Crippen molar-refractivity contribution in [3.8, 4) is 0 Å². The third-order valence-corrected chi connectivity index (χ3v) is 2.35. The predicted octanol–water partition coefficient (Wildman–Crippen LogP) is 0.463. The summed E-state index contributed by atoms with van der Waals surface area (Å²) in [6.45, 7) is 3.79. The third kappa shape index (κ3) is 2.20. The van der Waals surface area contributed by atoms with Crippen LogP contribution in [0.2, 0.25) is 0 Å².